The summed E-state index contributed by atoms with van der Waals surface area (Å²) in [5, 5.41) is 32.7. The lowest BCUT2D eigenvalue weighted by Crippen LogP contribution is -2.46. The molecule has 41 nitrogen and oxygen atoms in total. The molecular weight excluding hydrogens is 1720 g/mol. The molecule has 696 valence electrons. The summed E-state index contributed by atoms with van der Waals surface area (Å²) in [7, 11) is 5.34. The van der Waals surface area contributed by atoms with Crippen LogP contribution in [0.1, 0.15) is 231 Å². The number of nitrogens with one attached hydrogen (secondary N) is 9. The Balaban J connectivity index is 0.000000154. The summed E-state index contributed by atoms with van der Waals surface area (Å²) < 4.78 is 19.8. The second-order valence-electron chi connectivity index (χ2n) is 33.2. The molecule has 18 N–H and O–H groups in total. The maximum absolute atomic E-state index is 13.2. The number of carbonyl (C=O) groups excluding carboxylic acids is 15. The first-order chi connectivity index (χ1) is 63.5. The van der Waals surface area contributed by atoms with E-state index >= 15 is 0 Å². The SMILES string of the molecule is COc1ncc(NC(=O)C(=O)N2C[C@@H](C)CC[C@@H]2c2ccc3c(c2)CNC3=O)cc1C(N)=O.COc1ncc(NC(=O)C(=O)N2C[C@H](C)CC[C@H]2c2ccc3c(c2)CNC3=O)cc1C(N)=O.COc1ncc(NC(=O)C(=O)N2C[C@H](C)CC[C@H]2c2ccc3c(c2)CNC3=O)cc1C(N)=O.COc1ncc(NC(=O)C(=O)O)cc1C(N)=O.C[C@@H]1CC[C@@H](c2ccc3c(c2)CNC3=O)NC1. The number of anilines is 4. The van der Waals surface area contributed by atoms with Gasteiger partial charge in [0.15, 0.2) is 0 Å². The van der Waals surface area contributed by atoms with Crippen LogP contribution in [0, 0.1) is 23.7 Å². The number of rotatable bonds is 16. The normalized spacial score (nSPS) is 19.2. The van der Waals surface area contributed by atoms with E-state index in [-0.39, 0.29) is 128 Å². The molecule has 16 rings (SSSR count). The second kappa shape index (κ2) is 42.6. The zero-order chi connectivity index (χ0) is 95.9. The van der Waals surface area contributed by atoms with Crippen molar-refractivity contribution in [2.45, 2.75) is 129 Å². The summed E-state index contributed by atoms with van der Waals surface area (Å²) in [6.07, 6.45) is 12.3. The van der Waals surface area contributed by atoms with Crippen LogP contribution in [0.25, 0.3) is 0 Å². The van der Waals surface area contributed by atoms with Crippen molar-refractivity contribution in [3.63, 3.8) is 0 Å². The largest absolute Gasteiger partial charge is 0.480 e. The summed E-state index contributed by atoms with van der Waals surface area (Å²) in [4.78, 5) is 212. The number of methoxy groups -OCH3 is 4. The first kappa shape index (κ1) is 96.2. The molecule has 0 radical (unpaired) electrons. The summed E-state index contributed by atoms with van der Waals surface area (Å²) in [5.41, 5.74) is 32.1. The first-order valence-electron chi connectivity index (χ1n) is 42.7. The molecule has 0 unspecified atom stereocenters. The number of benzene rings is 4. The third-order valence-electron chi connectivity index (χ3n) is 23.8. The van der Waals surface area contributed by atoms with Crippen LogP contribution in [0.3, 0.4) is 0 Å². The third kappa shape index (κ3) is 22.9. The van der Waals surface area contributed by atoms with Gasteiger partial charge in [-0.1, -0.05) is 76.2 Å². The quantitative estimate of drug-likeness (QED) is 0.0545. The number of ether oxygens (including phenoxy) is 4. The highest BCUT2D eigenvalue weighted by molar-refractivity contribution is 6.41. The number of primary amides is 4. The van der Waals surface area contributed by atoms with Gasteiger partial charge in [0.25, 0.3) is 47.3 Å². The minimum Gasteiger partial charge on any atom is -0.480 e. The van der Waals surface area contributed by atoms with Crippen molar-refractivity contribution < 1.29 is 101 Å². The Morgan fingerprint density at radius 1 is 0.353 bits per heavy atom. The number of hydrogen-bond donors (Lipinski definition) is 14. The average molecular weight is 1820 g/mol. The summed E-state index contributed by atoms with van der Waals surface area (Å²) >= 11 is 0. The van der Waals surface area contributed by atoms with E-state index in [1.807, 2.05) is 68.6 Å². The van der Waals surface area contributed by atoms with Gasteiger partial charge in [-0.2, -0.15) is 0 Å². The molecule has 8 atom stereocenters. The van der Waals surface area contributed by atoms with E-state index in [1.165, 1.54) is 89.7 Å². The number of amides is 15. The molecule has 0 aliphatic carbocycles. The molecule has 12 heterocycles. The van der Waals surface area contributed by atoms with E-state index in [0.717, 1.165) is 82.4 Å². The van der Waals surface area contributed by atoms with Crippen LogP contribution in [0.5, 0.6) is 23.5 Å². The van der Waals surface area contributed by atoms with Crippen molar-refractivity contribution in [3.05, 3.63) is 211 Å². The number of fused-ring (bicyclic) bond motifs is 4. The van der Waals surface area contributed by atoms with Crippen molar-refractivity contribution in [1.82, 2.24) is 61.2 Å². The van der Waals surface area contributed by atoms with Crippen LogP contribution < -0.4 is 89.7 Å². The third-order valence-corrected chi connectivity index (χ3v) is 23.8. The molecule has 4 saturated heterocycles. The number of aliphatic carboxylic acids is 1. The Hall–Kier alpha value is -15.8. The van der Waals surface area contributed by atoms with Crippen molar-refractivity contribution in [2.24, 2.45) is 46.6 Å². The van der Waals surface area contributed by atoms with Crippen molar-refractivity contribution >= 4 is 117 Å². The van der Waals surface area contributed by atoms with E-state index in [2.05, 4.69) is 81.5 Å². The number of nitrogens with zero attached hydrogens (tertiary/aromatic N) is 7. The van der Waals surface area contributed by atoms with Gasteiger partial charge in [-0.25, -0.2) is 24.7 Å². The van der Waals surface area contributed by atoms with Gasteiger partial charge < -0.3 is 110 Å². The molecule has 8 aliphatic rings. The van der Waals surface area contributed by atoms with E-state index < -0.39 is 70.9 Å². The molecule has 4 fully saturated rings. The Morgan fingerprint density at radius 3 is 0.857 bits per heavy atom. The van der Waals surface area contributed by atoms with Crippen molar-refractivity contribution in [2.75, 3.05) is 75.9 Å². The zero-order valence-electron chi connectivity index (χ0n) is 74.0. The summed E-state index contributed by atoms with van der Waals surface area (Å²) in [5.74, 6) is -9.25. The van der Waals surface area contributed by atoms with Crippen molar-refractivity contribution in [1.29, 1.82) is 0 Å². The Labute approximate surface area is 762 Å². The molecule has 4 aromatic carbocycles. The molecular formula is C92H102N20O21. The van der Waals surface area contributed by atoms with Gasteiger partial charge in [-0.3, -0.25) is 71.9 Å². The standard InChI is InChI=1S/3C23H25N5O5.C14H18N2O.C9H9N3O5/c3*1-12-3-6-18(13-4-5-16-14(7-13)9-25-20(16)30)28(11-12)23(32)21(31)27-15-8-17(19(24)29)22(33-2)26-10-15;1-9-2-5-13(15-7-9)10-3-4-12-11(6-10)8-16-14(12)17;1-17-8-5(6(10)13)2-4(3-11-8)12-7(14)9(15)16/h3*4-5,7-8,10,12,18H,3,6,9,11H2,1-2H3,(H2,24,29)(H,25,30)(H,27,31);3-4,6,9,13,15H,2,5,7-8H2,1H3,(H,16,17);2-3H,1H3,(H2,10,13)(H,12,14)(H,15,16)/t3*12-,18+;9-,13+;/m1101./s1. The topological polar surface area (TPSA) is 604 Å². The van der Waals surface area contributed by atoms with Gasteiger partial charge in [0.1, 0.15) is 22.3 Å². The predicted octanol–water partition coefficient (Wildman–Crippen LogP) is 5.32. The van der Waals surface area contributed by atoms with Gasteiger partial charge in [0.2, 0.25) is 23.5 Å². The number of piperidine rings is 4. The van der Waals surface area contributed by atoms with Crippen LogP contribution in [-0.2, 0) is 64.5 Å². The van der Waals surface area contributed by atoms with Crippen molar-refractivity contribution in [3.8, 4) is 23.5 Å². The molecule has 0 saturated carbocycles. The fraction of sp³-hybridized carbons (Fsp3) is 0.348. The number of hydrogen-bond acceptors (Lipinski definition) is 25. The average Bonchev–Trinajstić information content (AvgIpc) is 1.28. The van der Waals surface area contributed by atoms with Crippen LogP contribution in [0.15, 0.2) is 122 Å². The molecule has 0 spiro atoms. The lowest BCUT2D eigenvalue weighted by molar-refractivity contribution is -0.147. The number of aromatic nitrogens is 4. The highest BCUT2D eigenvalue weighted by Gasteiger charge is 2.40. The van der Waals surface area contributed by atoms with Crippen LogP contribution >= 0.6 is 0 Å². The molecule has 41 heteroatoms. The summed E-state index contributed by atoms with van der Waals surface area (Å²) in [6, 6.07) is 27.6. The summed E-state index contributed by atoms with van der Waals surface area (Å²) in [6.45, 7) is 12.8. The van der Waals surface area contributed by atoms with Gasteiger partial charge in [0, 0.05) is 74.1 Å². The molecule has 0 bridgehead atoms. The highest BCUT2D eigenvalue weighted by atomic mass is 16.5. The number of nitrogens with two attached hydrogens (primary N) is 4. The minimum atomic E-state index is -1.65. The minimum absolute atomic E-state index is 0.00600. The Bertz CT molecular complexity index is 5550. The first-order valence-corrected chi connectivity index (χ1v) is 42.7. The Kier molecular flexibility index (Phi) is 30.8. The highest BCUT2D eigenvalue weighted by Crippen LogP contribution is 2.40. The van der Waals surface area contributed by atoms with Crippen LogP contribution in [0.2, 0.25) is 0 Å². The molecule has 4 aromatic heterocycles. The van der Waals surface area contributed by atoms with Gasteiger partial charge in [0.05, 0.1) is 94.1 Å². The van der Waals surface area contributed by atoms with E-state index in [9.17, 15) is 76.7 Å². The van der Waals surface area contributed by atoms with E-state index in [0.29, 0.717) is 87.8 Å². The lowest BCUT2D eigenvalue weighted by Gasteiger charge is -2.38. The number of carbonyl (C=O) groups is 16. The fourth-order valence-electron chi connectivity index (χ4n) is 16.9. The number of carboxylic acids is 1. The van der Waals surface area contributed by atoms with Crippen LogP contribution in [-0.4, -0.2) is 189 Å². The van der Waals surface area contributed by atoms with Gasteiger partial charge >= 0.3 is 47.3 Å². The zero-order valence-corrected chi connectivity index (χ0v) is 74.0. The smallest absolute Gasteiger partial charge is 0.394 e. The Morgan fingerprint density at radius 2 is 0.609 bits per heavy atom. The fourth-order valence-corrected chi connectivity index (χ4v) is 16.9. The maximum atomic E-state index is 13.2. The van der Waals surface area contributed by atoms with Crippen LogP contribution in [0.4, 0.5) is 22.7 Å². The molecule has 8 aliphatic heterocycles. The van der Waals surface area contributed by atoms with Gasteiger partial charge in [-0.15, -0.1) is 0 Å². The van der Waals surface area contributed by atoms with Gasteiger partial charge in [-0.05, 0) is 175 Å². The monoisotopic (exact) mass is 1820 g/mol. The molecule has 133 heavy (non-hydrogen) atoms. The van der Waals surface area contributed by atoms with E-state index in [1.54, 1.807) is 32.9 Å². The lowest BCUT2D eigenvalue weighted by atomic mass is 9.88. The number of pyridine rings is 4. The second-order valence-corrected chi connectivity index (χ2v) is 33.2. The molecule has 8 aromatic rings. The number of carboxylic acid groups (broad SMARTS) is 1. The maximum Gasteiger partial charge on any atom is 0.394 e. The molecule has 15 amide bonds. The van der Waals surface area contributed by atoms with E-state index in [4.69, 9.17) is 47.0 Å². The predicted molar refractivity (Wildman–Crippen MR) is 478 cm³/mol. The number of likely N-dealkylation sites (tertiary alicyclic amines) is 3.